The van der Waals surface area contributed by atoms with E-state index < -0.39 is 6.04 Å². The first-order valence-electron chi connectivity index (χ1n) is 12.1. The Morgan fingerprint density at radius 1 is 0.971 bits per heavy atom. The van der Waals surface area contributed by atoms with Gasteiger partial charge in [-0.15, -0.1) is 10.1 Å². The molecule has 1 fully saturated rings. The lowest BCUT2D eigenvalue weighted by Gasteiger charge is -2.20. The van der Waals surface area contributed by atoms with Gasteiger partial charge >= 0.3 is 5.91 Å². The van der Waals surface area contributed by atoms with Crippen LogP contribution in [0.5, 0.6) is 0 Å². The van der Waals surface area contributed by atoms with Crippen LogP contribution in [0.15, 0.2) is 72.8 Å². The van der Waals surface area contributed by atoms with Crippen LogP contribution in [-0.2, 0) is 4.79 Å². The number of nitrogens with zero attached hydrogens (tertiary/aromatic N) is 2. The molecule has 2 atom stereocenters. The zero-order valence-corrected chi connectivity index (χ0v) is 20.8. The van der Waals surface area contributed by atoms with E-state index in [1.54, 1.807) is 10.8 Å². The average molecular weight is 470 g/mol. The summed E-state index contributed by atoms with van der Waals surface area (Å²) in [4.78, 5) is 28.4. The molecule has 0 radical (unpaired) electrons. The maximum Gasteiger partial charge on any atom is 0.304 e. The van der Waals surface area contributed by atoms with Crippen molar-refractivity contribution < 1.29 is 14.3 Å². The number of rotatable bonds is 7. The number of carbonyl (C=O) groups is 2. The van der Waals surface area contributed by atoms with Crippen molar-refractivity contribution in [2.45, 2.75) is 39.8 Å². The highest BCUT2D eigenvalue weighted by Gasteiger charge is 2.47. The molecule has 1 aliphatic heterocycles. The van der Waals surface area contributed by atoms with Crippen LogP contribution in [0.25, 0.3) is 0 Å². The Morgan fingerprint density at radius 2 is 1.66 bits per heavy atom. The van der Waals surface area contributed by atoms with Gasteiger partial charge in [-0.3, -0.25) is 9.59 Å². The number of hydrazone groups is 1. The molecule has 4 rings (SSSR count). The molecule has 0 saturated carbocycles. The molecule has 0 bridgehead atoms. The van der Waals surface area contributed by atoms with Crippen LogP contribution in [-0.4, -0.2) is 41.8 Å². The van der Waals surface area contributed by atoms with Crippen LogP contribution < -0.4 is 15.6 Å². The molecule has 6 heteroatoms. The Balaban J connectivity index is 1.67. The fourth-order valence-electron chi connectivity index (χ4n) is 4.48. The van der Waals surface area contributed by atoms with Gasteiger partial charge in [0.15, 0.2) is 6.04 Å². The maximum atomic E-state index is 13.1. The number of hydrogen-bond donors (Lipinski definition) is 2. The molecule has 35 heavy (non-hydrogen) atoms. The van der Waals surface area contributed by atoms with Gasteiger partial charge in [-0.1, -0.05) is 47.5 Å². The first-order chi connectivity index (χ1) is 16.9. The van der Waals surface area contributed by atoms with Gasteiger partial charge in [0.25, 0.3) is 5.91 Å². The maximum absolute atomic E-state index is 13.1. The van der Waals surface area contributed by atoms with Crippen LogP contribution >= 0.6 is 0 Å². The normalized spacial score (nSPS) is 18.4. The SMILES string of the molecule is CCN(CC)c1ccc(/C=[N+]2\NC(=O)[C@H](NC(=O)c3cccc(C)c3)[C@@H]2c2ccc(C)cc2)cc1. The first-order valence-corrected chi connectivity index (χ1v) is 12.1. The fraction of sp³-hybridized carbons (Fsp3) is 0.276. The van der Waals surface area contributed by atoms with Gasteiger partial charge in [-0.2, -0.15) is 0 Å². The van der Waals surface area contributed by atoms with E-state index in [0.29, 0.717) is 5.56 Å². The molecule has 0 spiro atoms. The number of amides is 2. The van der Waals surface area contributed by atoms with Crippen LogP contribution in [0, 0.1) is 13.8 Å². The van der Waals surface area contributed by atoms with Crippen LogP contribution in [0.1, 0.15) is 52.5 Å². The van der Waals surface area contributed by atoms with E-state index in [1.807, 2.05) is 74.7 Å². The van der Waals surface area contributed by atoms with Crippen LogP contribution in [0.4, 0.5) is 5.69 Å². The zero-order chi connectivity index (χ0) is 24.9. The summed E-state index contributed by atoms with van der Waals surface area (Å²) in [6, 6.07) is 22.6. The minimum absolute atomic E-state index is 0.243. The predicted octanol–water partition coefficient (Wildman–Crippen LogP) is 4.17. The van der Waals surface area contributed by atoms with Gasteiger partial charge in [-0.25, -0.2) is 0 Å². The van der Waals surface area contributed by atoms with Gasteiger partial charge in [0.05, 0.1) is 0 Å². The number of hydrazine groups is 1. The summed E-state index contributed by atoms with van der Waals surface area (Å²) in [5, 5.41) is 2.97. The third-order valence-electron chi connectivity index (χ3n) is 6.43. The molecule has 1 heterocycles. The Morgan fingerprint density at radius 3 is 2.29 bits per heavy atom. The quantitative estimate of drug-likeness (QED) is 0.511. The van der Waals surface area contributed by atoms with Crippen molar-refractivity contribution in [3.8, 4) is 0 Å². The summed E-state index contributed by atoms with van der Waals surface area (Å²) in [5.74, 6) is -0.510. The monoisotopic (exact) mass is 469 g/mol. The second kappa shape index (κ2) is 10.6. The van der Waals surface area contributed by atoms with E-state index in [1.165, 1.54) is 0 Å². The molecule has 0 aliphatic carbocycles. The smallest absolute Gasteiger partial charge is 0.304 e. The van der Waals surface area contributed by atoms with Crippen molar-refractivity contribution in [3.05, 3.63) is 101 Å². The van der Waals surface area contributed by atoms with Gasteiger partial charge in [-0.05, 0) is 64.1 Å². The second-order valence-electron chi connectivity index (χ2n) is 8.95. The lowest BCUT2D eigenvalue weighted by Crippen LogP contribution is -2.42. The van der Waals surface area contributed by atoms with E-state index in [4.69, 9.17) is 0 Å². The Kier molecular flexibility index (Phi) is 7.30. The lowest BCUT2D eigenvalue weighted by molar-refractivity contribution is -0.596. The van der Waals surface area contributed by atoms with Crippen molar-refractivity contribution in [2.24, 2.45) is 0 Å². The highest BCUT2D eigenvalue weighted by Crippen LogP contribution is 2.26. The van der Waals surface area contributed by atoms with E-state index >= 15 is 0 Å². The Bertz CT molecular complexity index is 1230. The van der Waals surface area contributed by atoms with Gasteiger partial charge in [0.2, 0.25) is 12.3 Å². The van der Waals surface area contributed by atoms with Crippen molar-refractivity contribution in [3.63, 3.8) is 0 Å². The number of nitrogens with one attached hydrogen (secondary N) is 2. The second-order valence-corrected chi connectivity index (χ2v) is 8.95. The molecule has 3 aromatic carbocycles. The highest BCUT2D eigenvalue weighted by molar-refractivity contribution is 5.98. The third kappa shape index (κ3) is 5.43. The fourth-order valence-corrected chi connectivity index (χ4v) is 4.48. The summed E-state index contributed by atoms with van der Waals surface area (Å²) in [6.45, 7) is 10.1. The van der Waals surface area contributed by atoms with Gasteiger partial charge < -0.3 is 10.2 Å². The van der Waals surface area contributed by atoms with Crippen LogP contribution in [0.3, 0.4) is 0 Å². The van der Waals surface area contributed by atoms with Gasteiger partial charge in [0, 0.05) is 35.5 Å². The van der Waals surface area contributed by atoms with E-state index in [-0.39, 0.29) is 17.9 Å². The van der Waals surface area contributed by atoms with E-state index in [9.17, 15) is 9.59 Å². The minimum Gasteiger partial charge on any atom is -0.372 e. The Labute approximate surface area is 207 Å². The number of aryl methyl sites for hydroxylation is 2. The van der Waals surface area contributed by atoms with Gasteiger partial charge in [0.1, 0.15) is 0 Å². The lowest BCUT2D eigenvalue weighted by atomic mass is 9.98. The molecule has 3 aromatic rings. The molecule has 180 valence electrons. The largest absolute Gasteiger partial charge is 0.372 e. The van der Waals surface area contributed by atoms with Crippen molar-refractivity contribution >= 4 is 23.7 Å². The highest BCUT2D eigenvalue weighted by atomic mass is 16.2. The number of hydrogen-bond acceptors (Lipinski definition) is 3. The molecule has 1 saturated heterocycles. The molecular weight excluding hydrogens is 436 g/mol. The van der Waals surface area contributed by atoms with Crippen molar-refractivity contribution in [2.75, 3.05) is 18.0 Å². The van der Waals surface area contributed by atoms with Crippen LogP contribution in [0.2, 0.25) is 0 Å². The third-order valence-corrected chi connectivity index (χ3v) is 6.43. The molecule has 0 unspecified atom stereocenters. The number of anilines is 1. The molecular formula is C29H33N4O2+. The van der Waals surface area contributed by atoms with E-state index in [0.717, 1.165) is 41.0 Å². The summed E-state index contributed by atoms with van der Waals surface area (Å²) < 4.78 is 1.81. The Hall–Kier alpha value is -3.93. The number of carbonyl (C=O) groups excluding carboxylic acids is 2. The first kappa shape index (κ1) is 24.2. The summed E-state index contributed by atoms with van der Waals surface area (Å²) in [6.07, 6.45) is 1.92. The van der Waals surface area contributed by atoms with Crippen molar-refractivity contribution in [1.29, 1.82) is 0 Å². The van der Waals surface area contributed by atoms with E-state index in [2.05, 4.69) is 41.6 Å². The molecule has 2 amide bonds. The van der Waals surface area contributed by atoms with Crippen molar-refractivity contribution in [1.82, 2.24) is 10.7 Å². The minimum atomic E-state index is -0.739. The standard InChI is InChI=1S/C29H32N4O2/c1-5-32(6-2)25-16-12-22(13-17-25)19-33-27(23-14-10-20(3)11-15-23)26(29(35)31-33)30-28(34)24-9-7-8-21(4)18-24/h7-19,26-27H,5-6H2,1-4H3,(H-,30,31,34,35)/p+1/t26-,27+/m1/s1. The predicted molar refractivity (Wildman–Crippen MR) is 140 cm³/mol. The molecule has 6 nitrogen and oxygen atoms in total. The summed E-state index contributed by atoms with van der Waals surface area (Å²) >= 11 is 0. The zero-order valence-electron chi connectivity index (χ0n) is 20.8. The summed E-state index contributed by atoms with van der Waals surface area (Å²) in [7, 11) is 0. The average Bonchev–Trinajstić information content (AvgIpc) is 3.15. The number of benzene rings is 3. The molecule has 2 N–H and O–H groups in total. The molecule has 1 aliphatic rings. The topological polar surface area (TPSA) is 64.5 Å². The molecule has 0 aromatic heterocycles. The summed E-state index contributed by atoms with van der Waals surface area (Å²) in [5.41, 5.74) is 8.69.